The van der Waals surface area contributed by atoms with Crippen LogP contribution in [0.1, 0.15) is 0 Å². The van der Waals surface area contributed by atoms with Gasteiger partial charge in [-0.05, 0) is 42.2 Å². The lowest BCUT2D eigenvalue weighted by Gasteiger charge is -2.20. The van der Waals surface area contributed by atoms with E-state index in [9.17, 15) is 0 Å². The second-order valence-electron chi connectivity index (χ2n) is 3.54. The monoisotopic (exact) mass is 257 g/mol. The maximum Gasteiger partial charge on any atom is 0.129 e. The van der Waals surface area contributed by atoms with Gasteiger partial charge in [-0.25, -0.2) is 4.98 Å². The van der Waals surface area contributed by atoms with Crippen LogP contribution in [0.3, 0.4) is 0 Å². The molecule has 0 atom stereocenters. The van der Waals surface area contributed by atoms with Gasteiger partial charge in [0.25, 0.3) is 0 Å². The highest BCUT2D eigenvalue weighted by Crippen LogP contribution is 2.12. The molecule has 1 rings (SSSR count). The Morgan fingerprint density at radius 2 is 1.93 bits per heavy atom. The largest absolute Gasteiger partial charge is 0.358 e. The molecule has 3 nitrogen and oxygen atoms in total. The fourth-order valence-corrected chi connectivity index (χ4v) is 1.41. The highest BCUT2D eigenvalue weighted by atomic mass is 79.9. The lowest BCUT2D eigenvalue weighted by molar-refractivity contribution is 0.416. The summed E-state index contributed by atoms with van der Waals surface area (Å²) < 4.78 is 0.881. The van der Waals surface area contributed by atoms with E-state index >= 15 is 0 Å². The average molecular weight is 258 g/mol. The SMILES string of the molecule is CN(C)CCN(C)c1cccc(Br)n1. The molecule has 0 aliphatic carbocycles. The van der Waals surface area contributed by atoms with Crippen LogP contribution in [-0.2, 0) is 0 Å². The lowest BCUT2D eigenvalue weighted by atomic mass is 10.4. The zero-order valence-corrected chi connectivity index (χ0v) is 10.5. The average Bonchev–Trinajstić information content (AvgIpc) is 2.14. The number of anilines is 1. The summed E-state index contributed by atoms with van der Waals surface area (Å²) in [5.74, 6) is 1.00. The summed E-state index contributed by atoms with van der Waals surface area (Å²) in [4.78, 5) is 8.68. The van der Waals surface area contributed by atoms with Gasteiger partial charge in [-0.15, -0.1) is 0 Å². The molecular formula is C10H16BrN3. The first-order valence-electron chi connectivity index (χ1n) is 4.58. The number of nitrogens with zero attached hydrogens (tertiary/aromatic N) is 3. The smallest absolute Gasteiger partial charge is 0.129 e. The third-order valence-electron chi connectivity index (χ3n) is 1.97. The number of aromatic nitrogens is 1. The first-order chi connectivity index (χ1) is 6.59. The van der Waals surface area contributed by atoms with E-state index in [-0.39, 0.29) is 0 Å². The highest BCUT2D eigenvalue weighted by Gasteiger charge is 2.02. The van der Waals surface area contributed by atoms with E-state index in [1.165, 1.54) is 0 Å². The Kier molecular flexibility index (Phi) is 4.35. The van der Waals surface area contributed by atoms with Crippen molar-refractivity contribution in [2.45, 2.75) is 0 Å². The van der Waals surface area contributed by atoms with Gasteiger partial charge in [-0.3, -0.25) is 0 Å². The van der Waals surface area contributed by atoms with E-state index in [1.54, 1.807) is 0 Å². The Morgan fingerprint density at radius 3 is 2.50 bits per heavy atom. The van der Waals surface area contributed by atoms with Crippen LogP contribution >= 0.6 is 15.9 Å². The minimum absolute atomic E-state index is 0.881. The predicted molar refractivity (Wildman–Crippen MR) is 63.8 cm³/mol. The van der Waals surface area contributed by atoms with Gasteiger partial charge < -0.3 is 9.80 Å². The van der Waals surface area contributed by atoms with Crippen LogP contribution in [0.2, 0.25) is 0 Å². The van der Waals surface area contributed by atoms with Crippen molar-refractivity contribution in [1.82, 2.24) is 9.88 Å². The van der Waals surface area contributed by atoms with Crippen molar-refractivity contribution in [2.75, 3.05) is 39.1 Å². The van der Waals surface area contributed by atoms with Crippen LogP contribution in [0.5, 0.6) is 0 Å². The maximum absolute atomic E-state index is 4.38. The zero-order chi connectivity index (χ0) is 10.6. The van der Waals surface area contributed by atoms with Crippen molar-refractivity contribution in [3.05, 3.63) is 22.8 Å². The molecular weight excluding hydrogens is 242 g/mol. The molecule has 0 aromatic carbocycles. The molecule has 0 unspecified atom stereocenters. The third-order valence-corrected chi connectivity index (χ3v) is 2.42. The van der Waals surface area contributed by atoms with E-state index in [4.69, 9.17) is 0 Å². The Labute approximate surface area is 93.9 Å². The minimum atomic E-state index is 0.881. The van der Waals surface area contributed by atoms with Crippen LogP contribution in [-0.4, -0.2) is 44.1 Å². The van der Waals surface area contributed by atoms with Crippen molar-refractivity contribution in [3.63, 3.8) is 0 Å². The number of hydrogen-bond acceptors (Lipinski definition) is 3. The Bertz CT molecular complexity index is 288. The van der Waals surface area contributed by atoms with Gasteiger partial charge in [0.2, 0.25) is 0 Å². The third kappa shape index (κ3) is 3.64. The van der Waals surface area contributed by atoms with E-state index < -0.39 is 0 Å². The molecule has 14 heavy (non-hydrogen) atoms. The molecule has 0 radical (unpaired) electrons. The Balaban J connectivity index is 2.56. The molecule has 1 heterocycles. The summed E-state index contributed by atoms with van der Waals surface area (Å²) in [6, 6.07) is 5.95. The maximum atomic E-state index is 4.38. The Hall–Kier alpha value is -0.610. The molecule has 0 amide bonds. The van der Waals surface area contributed by atoms with Gasteiger partial charge >= 0.3 is 0 Å². The van der Waals surface area contributed by atoms with Crippen molar-refractivity contribution in [3.8, 4) is 0 Å². The molecule has 78 valence electrons. The molecule has 0 N–H and O–H groups in total. The number of pyridine rings is 1. The molecule has 1 aromatic rings. The molecule has 0 fully saturated rings. The molecule has 0 aliphatic rings. The van der Waals surface area contributed by atoms with E-state index in [0.717, 1.165) is 23.5 Å². The normalized spacial score (nSPS) is 10.6. The molecule has 0 spiro atoms. The van der Waals surface area contributed by atoms with Gasteiger partial charge in [-0.1, -0.05) is 6.07 Å². The molecule has 1 aromatic heterocycles. The molecule has 0 saturated carbocycles. The standard InChI is InChI=1S/C10H16BrN3/c1-13(2)7-8-14(3)10-6-4-5-9(11)12-10/h4-6H,7-8H2,1-3H3. The van der Waals surface area contributed by atoms with E-state index in [2.05, 4.69) is 51.9 Å². The Morgan fingerprint density at radius 1 is 1.21 bits per heavy atom. The number of halogens is 1. The second-order valence-corrected chi connectivity index (χ2v) is 4.36. The summed E-state index contributed by atoms with van der Waals surface area (Å²) in [5, 5.41) is 0. The van der Waals surface area contributed by atoms with Gasteiger partial charge in [0.05, 0.1) is 0 Å². The number of hydrogen-bond donors (Lipinski definition) is 0. The summed E-state index contributed by atoms with van der Waals surface area (Å²) in [6.45, 7) is 2.02. The van der Waals surface area contributed by atoms with Gasteiger partial charge in [0.1, 0.15) is 10.4 Å². The van der Waals surface area contributed by atoms with Crippen LogP contribution < -0.4 is 4.90 Å². The van der Waals surface area contributed by atoms with Crippen LogP contribution in [0, 0.1) is 0 Å². The molecule has 4 heteroatoms. The van der Waals surface area contributed by atoms with E-state index in [0.29, 0.717) is 0 Å². The van der Waals surface area contributed by atoms with Crippen molar-refractivity contribution >= 4 is 21.7 Å². The summed E-state index contributed by atoms with van der Waals surface area (Å²) in [7, 11) is 6.20. The van der Waals surface area contributed by atoms with Crippen molar-refractivity contribution in [2.24, 2.45) is 0 Å². The van der Waals surface area contributed by atoms with Gasteiger partial charge in [0.15, 0.2) is 0 Å². The first kappa shape index (κ1) is 11.5. The summed E-state index contributed by atoms with van der Waals surface area (Å²) in [5.41, 5.74) is 0. The van der Waals surface area contributed by atoms with Gasteiger partial charge in [0, 0.05) is 20.1 Å². The topological polar surface area (TPSA) is 19.4 Å². The minimum Gasteiger partial charge on any atom is -0.358 e. The van der Waals surface area contributed by atoms with Crippen molar-refractivity contribution < 1.29 is 0 Å². The predicted octanol–water partition coefficient (Wildman–Crippen LogP) is 1.84. The fraction of sp³-hybridized carbons (Fsp3) is 0.500. The first-order valence-corrected chi connectivity index (χ1v) is 5.37. The molecule has 0 bridgehead atoms. The summed E-state index contributed by atoms with van der Waals surface area (Å²) >= 11 is 3.36. The quantitative estimate of drug-likeness (QED) is 0.768. The fourth-order valence-electron chi connectivity index (χ4n) is 1.07. The molecule has 0 aliphatic heterocycles. The zero-order valence-electron chi connectivity index (χ0n) is 8.87. The van der Waals surface area contributed by atoms with E-state index in [1.807, 2.05) is 18.2 Å². The second kappa shape index (κ2) is 5.32. The highest BCUT2D eigenvalue weighted by molar-refractivity contribution is 9.10. The van der Waals surface area contributed by atoms with Crippen LogP contribution in [0.4, 0.5) is 5.82 Å². The van der Waals surface area contributed by atoms with Crippen molar-refractivity contribution in [1.29, 1.82) is 0 Å². The lowest BCUT2D eigenvalue weighted by Crippen LogP contribution is -2.28. The van der Waals surface area contributed by atoms with Crippen LogP contribution in [0.25, 0.3) is 0 Å². The summed E-state index contributed by atoms with van der Waals surface area (Å²) in [6.07, 6.45) is 0. The molecule has 0 saturated heterocycles. The van der Waals surface area contributed by atoms with Gasteiger partial charge in [-0.2, -0.15) is 0 Å². The van der Waals surface area contributed by atoms with Crippen LogP contribution in [0.15, 0.2) is 22.8 Å². The number of rotatable bonds is 4. The number of likely N-dealkylation sites (N-methyl/N-ethyl adjacent to an activating group) is 2.